The average molecular weight is 363 g/mol. The van der Waals surface area contributed by atoms with Gasteiger partial charge in [-0.3, -0.25) is 4.79 Å². The molecular formula is C19H23ClN2OS. The van der Waals surface area contributed by atoms with E-state index in [-0.39, 0.29) is 24.4 Å². The monoisotopic (exact) mass is 362 g/mol. The number of nitrogen functional groups attached to an aromatic ring is 1. The highest BCUT2D eigenvalue weighted by atomic mass is 35.5. The second-order valence-corrected chi connectivity index (χ2v) is 7.42. The minimum absolute atomic E-state index is 0. The first-order valence-electron chi connectivity index (χ1n) is 7.95. The zero-order valence-corrected chi connectivity index (χ0v) is 15.4. The van der Waals surface area contributed by atoms with Crippen molar-refractivity contribution in [3.05, 3.63) is 65.7 Å². The van der Waals surface area contributed by atoms with Gasteiger partial charge in [-0.2, -0.15) is 11.8 Å². The fraction of sp³-hybridized carbons (Fsp3) is 0.316. The van der Waals surface area contributed by atoms with Gasteiger partial charge in [-0.1, -0.05) is 49.4 Å². The van der Waals surface area contributed by atoms with Gasteiger partial charge >= 0.3 is 0 Å². The Morgan fingerprint density at radius 2 is 1.83 bits per heavy atom. The summed E-state index contributed by atoms with van der Waals surface area (Å²) in [5.41, 5.74) is 8.68. The molecule has 2 aromatic carbocycles. The molecule has 2 atom stereocenters. The summed E-state index contributed by atoms with van der Waals surface area (Å²) >= 11 is 1.94. The molecule has 24 heavy (non-hydrogen) atoms. The molecule has 5 heteroatoms. The van der Waals surface area contributed by atoms with Crippen molar-refractivity contribution in [3.63, 3.8) is 0 Å². The van der Waals surface area contributed by atoms with Crippen LogP contribution in [0.3, 0.4) is 0 Å². The molecule has 1 aliphatic heterocycles. The van der Waals surface area contributed by atoms with Gasteiger partial charge in [0.2, 0.25) is 5.91 Å². The van der Waals surface area contributed by atoms with E-state index in [2.05, 4.69) is 19.1 Å². The Balaban J connectivity index is 0.00000208. The van der Waals surface area contributed by atoms with E-state index in [1.54, 1.807) is 0 Å². The largest absolute Gasteiger partial charge is 0.399 e. The first-order valence-corrected chi connectivity index (χ1v) is 9.00. The maximum absolute atomic E-state index is 12.9. The molecule has 2 aromatic rings. The lowest BCUT2D eigenvalue weighted by atomic mass is 10.0. The fourth-order valence-electron chi connectivity index (χ4n) is 3.11. The standard InChI is InChI=1S/C19H22N2OS.ClH/c1-14-19(16-5-3-2-4-6-16)21(11-12-23-14)18(22)13-15-7-9-17(20)10-8-15;/h2-10,14,19H,11-13,20H2,1H3;1H. The number of hydrogen-bond acceptors (Lipinski definition) is 3. The van der Waals surface area contributed by atoms with Crippen LogP contribution in [0.15, 0.2) is 54.6 Å². The topological polar surface area (TPSA) is 46.3 Å². The lowest BCUT2D eigenvalue weighted by Crippen LogP contribution is -2.44. The summed E-state index contributed by atoms with van der Waals surface area (Å²) in [6.45, 7) is 3.02. The van der Waals surface area contributed by atoms with Crippen molar-refractivity contribution in [2.45, 2.75) is 24.6 Å². The summed E-state index contributed by atoms with van der Waals surface area (Å²) in [7, 11) is 0. The van der Waals surface area contributed by atoms with Gasteiger partial charge in [0.15, 0.2) is 0 Å². The lowest BCUT2D eigenvalue weighted by Gasteiger charge is -2.40. The summed E-state index contributed by atoms with van der Waals surface area (Å²) in [4.78, 5) is 14.9. The highest BCUT2D eigenvalue weighted by Crippen LogP contribution is 2.36. The molecule has 2 unspecified atom stereocenters. The van der Waals surface area contributed by atoms with E-state index in [0.717, 1.165) is 23.5 Å². The first-order chi connectivity index (χ1) is 11.1. The number of rotatable bonds is 3. The van der Waals surface area contributed by atoms with Crippen LogP contribution in [-0.4, -0.2) is 28.4 Å². The van der Waals surface area contributed by atoms with Gasteiger partial charge in [-0.25, -0.2) is 0 Å². The lowest BCUT2D eigenvalue weighted by molar-refractivity contribution is -0.132. The number of benzene rings is 2. The van der Waals surface area contributed by atoms with Crippen LogP contribution in [0.2, 0.25) is 0 Å². The van der Waals surface area contributed by atoms with Crippen LogP contribution in [0.25, 0.3) is 0 Å². The van der Waals surface area contributed by atoms with Crippen LogP contribution in [-0.2, 0) is 11.2 Å². The third-order valence-electron chi connectivity index (χ3n) is 4.29. The van der Waals surface area contributed by atoms with Gasteiger partial charge in [0.25, 0.3) is 0 Å². The highest BCUT2D eigenvalue weighted by molar-refractivity contribution is 8.00. The predicted molar refractivity (Wildman–Crippen MR) is 105 cm³/mol. The van der Waals surface area contributed by atoms with E-state index in [1.807, 2.05) is 59.1 Å². The number of nitrogens with zero attached hydrogens (tertiary/aromatic N) is 1. The molecule has 128 valence electrons. The summed E-state index contributed by atoms with van der Waals surface area (Å²) in [5.74, 6) is 1.19. The van der Waals surface area contributed by atoms with E-state index in [0.29, 0.717) is 11.7 Å². The molecule has 2 N–H and O–H groups in total. The number of amides is 1. The van der Waals surface area contributed by atoms with E-state index in [4.69, 9.17) is 5.73 Å². The molecule has 1 heterocycles. The molecule has 1 fully saturated rings. The van der Waals surface area contributed by atoms with E-state index < -0.39 is 0 Å². The Morgan fingerprint density at radius 3 is 2.50 bits per heavy atom. The van der Waals surface area contributed by atoms with Gasteiger partial charge in [-0.15, -0.1) is 12.4 Å². The first kappa shape index (κ1) is 18.7. The molecule has 3 rings (SSSR count). The number of nitrogens with two attached hydrogens (primary N) is 1. The SMILES string of the molecule is CC1SCCN(C(=O)Cc2ccc(N)cc2)C1c1ccccc1.Cl. The Hall–Kier alpha value is -1.65. The van der Waals surface area contributed by atoms with E-state index >= 15 is 0 Å². The van der Waals surface area contributed by atoms with Gasteiger partial charge in [0.05, 0.1) is 12.5 Å². The van der Waals surface area contributed by atoms with Gasteiger partial charge in [0.1, 0.15) is 0 Å². The fourth-order valence-corrected chi connectivity index (χ4v) is 4.27. The second kappa shape index (κ2) is 8.45. The smallest absolute Gasteiger partial charge is 0.227 e. The number of anilines is 1. The number of halogens is 1. The molecule has 1 amide bonds. The van der Waals surface area contributed by atoms with Gasteiger partial charge < -0.3 is 10.6 Å². The third kappa shape index (κ3) is 4.25. The molecule has 1 aliphatic rings. The molecule has 0 aromatic heterocycles. The Labute approximate surface area is 154 Å². The van der Waals surface area contributed by atoms with Crippen LogP contribution < -0.4 is 5.73 Å². The van der Waals surface area contributed by atoms with Crippen molar-refractivity contribution < 1.29 is 4.79 Å². The number of carbonyl (C=O) groups excluding carboxylic acids is 1. The van der Waals surface area contributed by atoms with Crippen molar-refractivity contribution in [1.29, 1.82) is 0 Å². The van der Waals surface area contributed by atoms with Crippen LogP contribution in [0, 0.1) is 0 Å². The Kier molecular flexibility index (Phi) is 6.58. The van der Waals surface area contributed by atoms with Crippen LogP contribution in [0.4, 0.5) is 5.69 Å². The normalized spacial score (nSPS) is 20.3. The molecule has 3 nitrogen and oxygen atoms in total. The van der Waals surface area contributed by atoms with Crippen molar-refractivity contribution in [1.82, 2.24) is 4.90 Å². The highest BCUT2D eigenvalue weighted by Gasteiger charge is 2.33. The summed E-state index contributed by atoms with van der Waals surface area (Å²) < 4.78 is 0. The van der Waals surface area contributed by atoms with E-state index in [9.17, 15) is 4.79 Å². The number of hydrogen-bond donors (Lipinski definition) is 1. The van der Waals surface area contributed by atoms with Crippen LogP contribution >= 0.6 is 24.2 Å². The number of carbonyl (C=O) groups is 1. The van der Waals surface area contributed by atoms with Gasteiger partial charge in [-0.05, 0) is 23.3 Å². The maximum Gasteiger partial charge on any atom is 0.227 e. The minimum Gasteiger partial charge on any atom is -0.399 e. The van der Waals surface area contributed by atoms with Crippen molar-refractivity contribution in [2.75, 3.05) is 18.0 Å². The second-order valence-electron chi connectivity index (χ2n) is 5.94. The van der Waals surface area contributed by atoms with Gasteiger partial charge in [0, 0.05) is 23.2 Å². The summed E-state index contributed by atoms with van der Waals surface area (Å²) in [6, 6.07) is 18.1. The molecule has 0 aliphatic carbocycles. The van der Waals surface area contributed by atoms with Crippen LogP contribution in [0.5, 0.6) is 0 Å². The van der Waals surface area contributed by atoms with Crippen LogP contribution in [0.1, 0.15) is 24.1 Å². The molecule has 1 saturated heterocycles. The third-order valence-corrected chi connectivity index (χ3v) is 5.49. The van der Waals surface area contributed by atoms with E-state index in [1.165, 1.54) is 5.56 Å². The summed E-state index contributed by atoms with van der Waals surface area (Å²) in [5, 5.41) is 0.404. The quantitative estimate of drug-likeness (QED) is 0.841. The average Bonchev–Trinajstić information content (AvgIpc) is 2.57. The van der Waals surface area contributed by atoms with Crippen molar-refractivity contribution >= 4 is 35.8 Å². The Bertz CT molecular complexity index is 663. The molecular weight excluding hydrogens is 340 g/mol. The minimum atomic E-state index is 0. The number of thioether (sulfide) groups is 1. The molecule has 0 bridgehead atoms. The zero-order valence-electron chi connectivity index (χ0n) is 13.7. The molecule has 0 radical (unpaired) electrons. The zero-order chi connectivity index (χ0) is 16.2. The summed E-state index contributed by atoms with van der Waals surface area (Å²) in [6.07, 6.45) is 0.432. The maximum atomic E-state index is 12.9. The van der Waals surface area contributed by atoms with Crippen molar-refractivity contribution in [3.8, 4) is 0 Å². The van der Waals surface area contributed by atoms with Crippen molar-refractivity contribution in [2.24, 2.45) is 0 Å². The predicted octanol–water partition coefficient (Wildman–Crippen LogP) is 3.94. The molecule has 0 saturated carbocycles. The Morgan fingerprint density at radius 1 is 1.17 bits per heavy atom. The molecule has 0 spiro atoms.